The summed E-state index contributed by atoms with van der Waals surface area (Å²) >= 11 is 11.1. The van der Waals surface area contributed by atoms with Crippen LogP contribution in [0.5, 0.6) is 0 Å². The van der Waals surface area contributed by atoms with Crippen molar-refractivity contribution < 1.29 is 22.5 Å². The highest BCUT2D eigenvalue weighted by Crippen LogP contribution is 2.48. The van der Waals surface area contributed by atoms with Gasteiger partial charge in [-0.2, -0.15) is 13.2 Å². The molecule has 1 amide bonds. The van der Waals surface area contributed by atoms with E-state index in [2.05, 4.69) is 10.3 Å². The third-order valence-electron chi connectivity index (χ3n) is 5.88. The topological polar surface area (TPSA) is 64.5 Å². The second-order valence-electron chi connectivity index (χ2n) is 8.15. The Hall–Kier alpha value is -1.74. The molecule has 0 saturated carbocycles. The Morgan fingerprint density at radius 2 is 1.84 bits per heavy atom. The van der Waals surface area contributed by atoms with Crippen molar-refractivity contribution in [3.05, 3.63) is 68.7 Å². The summed E-state index contributed by atoms with van der Waals surface area (Å²) in [6, 6.07) is 8.71. The van der Waals surface area contributed by atoms with Gasteiger partial charge >= 0.3 is 6.18 Å². The summed E-state index contributed by atoms with van der Waals surface area (Å²) in [5.74, 6) is 0.585. The van der Waals surface area contributed by atoms with E-state index in [1.807, 2.05) is 0 Å². The SMILES string of the molecule is Cc1cc(C2=NCC(c3cc(Cl)cc(Cl)c3)(C(F)(F)F)C2)ccc1C(=O)NC1C[S+]([O-])C1. The fourth-order valence-electron chi connectivity index (χ4n) is 4.04. The molecule has 32 heavy (non-hydrogen) atoms. The van der Waals surface area contributed by atoms with E-state index in [0.717, 1.165) is 0 Å². The minimum Gasteiger partial charge on any atom is -0.616 e. The smallest absolute Gasteiger partial charge is 0.400 e. The fraction of sp³-hybridized carbons (Fsp3) is 0.364. The largest absolute Gasteiger partial charge is 0.616 e. The molecule has 10 heteroatoms. The summed E-state index contributed by atoms with van der Waals surface area (Å²) in [5.41, 5.74) is -0.356. The summed E-state index contributed by atoms with van der Waals surface area (Å²) in [6.07, 6.45) is -4.92. The van der Waals surface area contributed by atoms with Gasteiger partial charge in [0.05, 0.1) is 6.54 Å². The van der Waals surface area contributed by atoms with E-state index < -0.39 is 29.3 Å². The predicted molar refractivity (Wildman–Crippen MR) is 121 cm³/mol. The van der Waals surface area contributed by atoms with Gasteiger partial charge in [0.15, 0.2) is 0 Å². The van der Waals surface area contributed by atoms with Gasteiger partial charge in [0.1, 0.15) is 23.0 Å². The van der Waals surface area contributed by atoms with Crippen molar-refractivity contribution in [3.8, 4) is 0 Å². The maximum absolute atomic E-state index is 14.3. The summed E-state index contributed by atoms with van der Waals surface area (Å²) < 4.78 is 54.0. The fourth-order valence-corrected chi connectivity index (χ4v) is 5.54. The van der Waals surface area contributed by atoms with Crippen molar-refractivity contribution in [1.82, 2.24) is 5.32 Å². The van der Waals surface area contributed by atoms with Crippen LogP contribution in [0, 0.1) is 6.92 Å². The van der Waals surface area contributed by atoms with E-state index in [1.165, 1.54) is 18.2 Å². The summed E-state index contributed by atoms with van der Waals surface area (Å²) in [6.45, 7) is 1.25. The third kappa shape index (κ3) is 4.38. The monoisotopic (exact) mass is 502 g/mol. The first kappa shape index (κ1) is 23.4. The van der Waals surface area contributed by atoms with Crippen molar-refractivity contribution in [2.75, 3.05) is 18.1 Å². The van der Waals surface area contributed by atoms with Crippen molar-refractivity contribution in [2.45, 2.75) is 31.0 Å². The molecule has 1 N–H and O–H groups in total. The number of halogens is 5. The Morgan fingerprint density at radius 3 is 2.41 bits per heavy atom. The standard InChI is InChI=1S/C22H19Cl2F3N2O2S/c1-12-4-13(2-3-18(12)20(30)29-17-9-32(31)10-17)19-8-21(11-28-19,22(25,26)27)14-5-15(23)7-16(24)6-14/h2-7,17H,8-11H2,1H3,(H,29,30). The zero-order valence-electron chi connectivity index (χ0n) is 16.9. The minimum absolute atomic E-state index is 0.0214. The number of aliphatic imine (C=N–C) groups is 1. The molecule has 1 saturated heterocycles. The Morgan fingerprint density at radius 1 is 1.19 bits per heavy atom. The Labute approximate surface area is 196 Å². The molecule has 2 aliphatic heterocycles. The molecule has 0 radical (unpaired) electrons. The van der Waals surface area contributed by atoms with Crippen LogP contribution in [0.4, 0.5) is 13.2 Å². The zero-order valence-corrected chi connectivity index (χ0v) is 19.3. The van der Waals surface area contributed by atoms with Gasteiger partial charge in [0.2, 0.25) is 0 Å². The quantitative estimate of drug-likeness (QED) is 0.607. The van der Waals surface area contributed by atoms with E-state index in [4.69, 9.17) is 23.2 Å². The number of nitrogens with zero attached hydrogens (tertiary/aromatic N) is 1. The normalized spacial score (nSPS) is 25.3. The number of alkyl halides is 3. The zero-order chi connectivity index (χ0) is 23.3. The summed E-state index contributed by atoms with van der Waals surface area (Å²) in [5, 5.41) is 3.08. The molecule has 1 atom stereocenters. The average molecular weight is 503 g/mol. The molecule has 2 aliphatic rings. The van der Waals surface area contributed by atoms with Gasteiger partial charge in [0.25, 0.3) is 5.91 Å². The first-order valence-electron chi connectivity index (χ1n) is 9.82. The Bertz CT molecular complexity index is 1080. The highest BCUT2D eigenvalue weighted by atomic mass is 35.5. The number of rotatable bonds is 4. The van der Waals surface area contributed by atoms with Crippen LogP contribution in [-0.4, -0.2) is 46.4 Å². The van der Waals surface area contributed by atoms with Gasteiger partial charge in [-0.3, -0.25) is 9.79 Å². The number of hydrogen-bond acceptors (Lipinski definition) is 3. The predicted octanol–water partition coefficient (Wildman–Crippen LogP) is 4.86. The first-order valence-corrected chi connectivity index (χ1v) is 12.1. The second kappa shape index (κ2) is 8.56. The molecule has 0 spiro atoms. The van der Waals surface area contributed by atoms with Crippen LogP contribution in [0.25, 0.3) is 0 Å². The van der Waals surface area contributed by atoms with Gasteiger partial charge in [-0.05, 0) is 65.1 Å². The lowest BCUT2D eigenvalue weighted by Gasteiger charge is -2.31. The van der Waals surface area contributed by atoms with Crippen LogP contribution in [0.2, 0.25) is 10.0 Å². The number of amides is 1. The van der Waals surface area contributed by atoms with Crippen molar-refractivity contribution in [3.63, 3.8) is 0 Å². The van der Waals surface area contributed by atoms with Gasteiger partial charge < -0.3 is 9.87 Å². The van der Waals surface area contributed by atoms with Crippen LogP contribution < -0.4 is 5.32 Å². The van der Waals surface area contributed by atoms with E-state index in [9.17, 15) is 22.5 Å². The lowest BCUT2D eigenvalue weighted by Crippen LogP contribution is -2.53. The maximum atomic E-state index is 14.3. The molecule has 1 unspecified atom stereocenters. The van der Waals surface area contributed by atoms with Gasteiger partial charge in [-0.1, -0.05) is 29.3 Å². The van der Waals surface area contributed by atoms with Crippen molar-refractivity contribution in [2.24, 2.45) is 4.99 Å². The number of benzene rings is 2. The molecule has 1 fully saturated rings. The number of carbonyl (C=O) groups is 1. The summed E-state index contributed by atoms with van der Waals surface area (Å²) in [4.78, 5) is 16.7. The molecule has 4 nitrogen and oxygen atoms in total. The second-order valence-corrected chi connectivity index (χ2v) is 10.6. The molecular weight excluding hydrogens is 484 g/mol. The lowest BCUT2D eigenvalue weighted by molar-refractivity contribution is -0.183. The van der Waals surface area contributed by atoms with E-state index in [0.29, 0.717) is 33.9 Å². The maximum Gasteiger partial charge on any atom is 0.400 e. The van der Waals surface area contributed by atoms with Crippen molar-refractivity contribution >= 4 is 46.0 Å². The number of aryl methyl sites for hydroxylation is 1. The first-order chi connectivity index (χ1) is 15.0. The van der Waals surface area contributed by atoms with Crippen LogP contribution >= 0.6 is 23.2 Å². The van der Waals surface area contributed by atoms with Crippen LogP contribution in [0.15, 0.2) is 41.4 Å². The molecule has 2 aromatic rings. The number of nitrogens with one attached hydrogen (secondary N) is 1. The Balaban J connectivity index is 1.58. The average Bonchev–Trinajstić information content (AvgIpc) is 3.12. The molecule has 2 heterocycles. The molecule has 170 valence electrons. The van der Waals surface area contributed by atoms with E-state index in [1.54, 1.807) is 25.1 Å². The number of hydrogen-bond donors (Lipinski definition) is 1. The van der Waals surface area contributed by atoms with E-state index in [-0.39, 0.29) is 34.0 Å². The third-order valence-corrected chi connectivity index (χ3v) is 7.87. The molecular formula is C22H19Cl2F3N2O2S. The molecule has 2 aromatic carbocycles. The van der Waals surface area contributed by atoms with Gasteiger partial charge in [-0.15, -0.1) is 0 Å². The minimum atomic E-state index is -4.57. The van der Waals surface area contributed by atoms with E-state index >= 15 is 0 Å². The highest BCUT2D eigenvalue weighted by Gasteiger charge is 2.58. The highest BCUT2D eigenvalue weighted by molar-refractivity contribution is 7.92. The molecule has 0 bridgehead atoms. The Kier molecular flexibility index (Phi) is 6.26. The van der Waals surface area contributed by atoms with Crippen LogP contribution in [-0.2, 0) is 16.6 Å². The molecule has 0 aliphatic carbocycles. The lowest BCUT2D eigenvalue weighted by atomic mass is 9.76. The van der Waals surface area contributed by atoms with Gasteiger partial charge in [-0.25, -0.2) is 0 Å². The summed E-state index contributed by atoms with van der Waals surface area (Å²) in [7, 11) is 0. The van der Waals surface area contributed by atoms with Crippen LogP contribution in [0.3, 0.4) is 0 Å². The number of carbonyl (C=O) groups excluding carboxylic acids is 1. The molecule has 0 aromatic heterocycles. The molecule has 4 rings (SSSR count). The van der Waals surface area contributed by atoms with Gasteiger partial charge in [0, 0.05) is 27.7 Å². The van der Waals surface area contributed by atoms with Crippen LogP contribution in [0.1, 0.15) is 33.5 Å². The van der Waals surface area contributed by atoms with Crippen molar-refractivity contribution in [1.29, 1.82) is 0 Å².